The Morgan fingerprint density at radius 1 is 1.33 bits per heavy atom. The highest BCUT2D eigenvalue weighted by Crippen LogP contribution is 2.28. The first-order valence-electron chi connectivity index (χ1n) is 7.66. The molecular weight excluding hydrogens is 226 g/mol. The molecule has 2 N–H and O–H groups in total. The van der Waals surface area contributed by atoms with Crippen LogP contribution in [-0.4, -0.2) is 37.0 Å². The van der Waals surface area contributed by atoms with Crippen LogP contribution in [0.25, 0.3) is 0 Å². The fourth-order valence-corrected chi connectivity index (χ4v) is 2.22. The Morgan fingerprint density at radius 3 is 2.61 bits per heavy atom. The minimum Gasteiger partial charge on any atom is -0.389 e. The molecule has 0 aromatic heterocycles. The molecule has 0 aliphatic heterocycles. The van der Waals surface area contributed by atoms with Gasteiger partial charge in [-0.25, -0.2) is 0 Å². The average Bonchev–Trinajstić information content (AvgIpc) is 3.07. The van der Waals surface area contributed by atoms with Gasteiger partial charge in [-0.1, -0.05) is 40.0 Å². The lowest BCUT2D eigenvalue weighted by Gasteiger charge is -2.17. The molecule has 1 rings (SSSR count). The second kappa shape index (κ2) is 8.89. The summed E-state index contributed by atoms with van der Waals surface area (Å²) < 4.78 is 5.64. The Balaban J connectivity index is 1.97. The maximum absolute atomic E-state index is 9.79. The van der Waals surface area contributed by atoms with E-state index >= 15 is 0 Å². The van der Waals surface area contributed by atoms with E-state index in [0.29, 0.717) is 25.1 Å². The number of unbranched alkanes of at least 4 members (excludes halogenated alkanes) is 1. The predicted octanol–water partition coefficient (Wildman–Crippen LogP) is 2.58. The van der Waals surface area contributed by atoms with E-state index in [9.17, 15) is 5.11 Å². The minimum atomic E-state index is -0.360. The van der Waals surface area contributed by atoms with Crippen molar-refractivity contribution in [3.8, 4) is 0 Å². The highest BCUT2D eigenvalue weighted by molar-refractivity contribution is 4.89. The number of hydrogen-bond acceptors (Lipinski definition) is 3. The molecule has 4 atom stereocenters. The van der Waals surface area contributed by atoms with Crippen molar-refractivity contribution in [3.05, 3.63) is 0 Å². The first-order valence-corrected chi connectivity index (χ1v) is 7.66. The lowest BCUT2D eigenvalue weighted by Crippen LogP contribution is -2.32. The fraction of sp³-hybridized carbons (Fsp3) is 1.00. The van der Waals surface area contributed by atoms with Gasteiger partial charge in [-0.15, -0.1) is 0 Å². The van der Waals surface area contributed by atoms with Gasteiger partial charge in [-0.3, -0.25) is 0 Å². The van der Waals surface area contributed by atoms with Gasteiger partial charge < -0.3 is 15.2 Å². The van der Waals surface area contributed by atoms with Crippen molar-refractivity contribution in [2.24, 2.45) is 11.8 Å². The molecule has 3 heteroatoms. The van der Waals surface area contributed by atoms with E-state index in [1.54, 1.807) is 0 Å². The van der Waals surface area contributed by atoms with E-state index in [4.69, 9.17) is 4.74 Å². The molecule has 1 aliphatic carbocycles. The van der Waals surface area contributed by atoms with Crippen molar-refractivity contribution >= 4 is 0 Å². The van der Waals surface area contributed by atoms with Gasteiger partial charge in [0.15, 0.2) is 0 Å². The van der Waals surface area contributed by atoms with Crippen molar-refractivity contribution in [2.45, 2.75) is 65.0 Å². The number of aliphatic hydroxyl groups excluding tert-OH is 1. The zero-order chi connectivity index (χ0) is 13.4. The van der Waals surface area contributed by atoms with Gasteiger partial charge >= 0.3 is 0 Å². The van der Waals surface area contributed by atoms with E-state index in [1.165, 1.54) is 32.1 Å². The van der Waals surface area contributed by atoms with Crippen molar-refractivity contribution < 1.29 is 9.84 Å². The smallest absolute Gasteiger partial charge is 0.0897 e. The van der Waals surface area contributed by atoms with Crippen LogP contribution in [0.1, 0.15) is 52.9 Å². The maximum atomic E-state index is 9.79. The largest absolute Gasteiger partial charge is 0.389 e. The molecule has 0 aromatic carbocycles. The van der Waals surface area contributed by atoms with Crippen LogP contribution in [0.5, 0.6) is 0 Å². The zero-order valence-corrected chi connectivity index (χ0v) is 12.3. The minimum absolute atomic E-state index is 0.360. The van der Waals surface area contributed by atoms with Gasteiger partial charge in [-0.2, -0.15) is 0 Å². The summed E-state index contributed by atoms with van der Waals surface area (Å²) in [5, 5.41) is 13.1. The molecule has 18 heavy (non-hydrogen) atoms. The van der Waals surface area contributed by atoms with Crippen LogP contribution < -0.4 is 5.32 Å². The lowest BCUT2D eigenvalue weighted by atomic mass is 10.0. The van der Waals surface area contributed by atoms with E-state index in [0.717, 1.165) is 12.5 Å². The van der Waals surface area contributed by atoms with Crippen LogP contribution in [0.3, 0.4) is 0 Å². The monoisotopic (exact) mass is 257 g/mol. The fourth-order valence-electron chi connectivity index (χ4n) is 2.22. The SMILES string of the molecule is CCCCC(CC)COCC(O)CNC1CC1C. The molecule has 1 fully saturated rings. The summed E-state index contributed by atoms with van der Waals surface area (Å²) in [6.07, 6.45) is 5.85. The van der Waals surface area contributed by atoms with Crippen LogP contribution in [0.15, 0.2) is 0 Å². The van der Waals surface area contributed by atoms with Crippen molar-refractivity contribution in [1.82, 2.24) is 5.32 Å². The Morgan fingerprint density at radius 2 is 2.06 bits per heavy atom. The summed E-state index contributed by atoms with van der Waals surface area (Å²) in [5.74, 6) is 1.45. The molecule has 4 unspecified atom stereocenters. The van der Waals surface area contributed by atoms with E-state index in [-0.39, 0.29) is 6.10 Å². The molecule has 0 radical (unpaired) electrons. The third kappa shape index (κ3) is 6.72. The molecule has 108 valence electrons. The lowest BCUT2D eigenvalue weighted by molar-refractivity contribution is 0.0191. The predicted molar refractivity (Wildman–Crippen MR) is 75.7 cm³/mol. The van der Waals surface area contributed by atoms with Crippen molar-refractivity contribution in [2.75, 3.05) is 19.8 Å². The summed E-state index contributed by atoms with van der Waals surface area (Å²) in [6, 6.07) is 0.632. The summed E-state index contributed by atoms with van der Waals surface area (Å²) in [5.41, 5.74) is 0. The molecule has 3 nitrogen and oxygen atoms in total. The third-order valence-electron chi connectivity index (χ3n) is 3.93. The zero-order valence-electron chi connectivity index (χ0n) is 12.3. The van der Waals surface area contributed by atoms with Gasteiger partial charge in [0.05, 0.1) is 12.7 Å². The van der Waals surface area contributed by atoms with Crippen LogP contribution in [0.4, 0.5) is 0 Å². The summed E-state index contributed by atoms with van der Waals surface area (Å²) in [7, 11) is 0. The van der Waals surface area contributed by atoms with Gasteiger partial charge in [-0.05, 0) is 24.7 Å². The molecule has 0 amide bonds. The Kier molecular flexibility index (Phi) is 7.87. The highest BCUT2D eigenvalue weighted by atomic mass is 16.5. The van der Waals surface area contributed by atoms with Gasteiger partial charge in [0.2, 0.25) is 0 Å². The topological polar surface area (TPSA) is 41.5 Å². The summed E-state index contributed by atoms with van der Waals surface area (Å²) in [6.45, 7) is 8.61. The summed E-state index contributed by atoms with van der Waals surface area (Å²) >= 11 is 0. The van der Waals surface area contributed by atoms with Crippen LogP contribution in [-0.2, 0) is 4.74 Å². The molecule has 0 bridgehead atoms. The Labute approximate surface area is 112 Å². The highest BCUT2D eigenvalue weighted by Gasteiger charge is 2.32. The normalized spacial score (nSPS) is 26.0. The van der Waals surface area contributed by atoms with Gasteiger partial charge in [0.25, 0.3) is 0 Å². The van der Waals surface area contributed by atoms with E-state index in [2.05, 4.69) is 26.1 Å². The molecule has 0 heterocycles. The average molecular weight is 257 g/mol. The number of hydrogen-bond donors (Lipinski definition) is 2. The number of rotatable bonds is 11. The van der Waals surface area contributed by atoms with Crippen LogP contribution in [0, 0.1) is 11.8 Å². The number of nitrogens with one attached hydrogen (secondary N) is 1. The number of aliphatic hydroxyl groups is 1. The van der Waals surface area contributed by atoms with Crippen molar-refractivity contribution in [3.63, 3.8) is 0 Å². The van der Waals surface area contributed by atoms with E-state index < -0.39 is 0 Å². The molecule has 1 aliphatic rings. The standard InChI is InChI=1S/C15H31NO2/c1-4-6-7-13(5-2)10-18-11-14(17)9-16-15-8-12(15)3/h12-17H,4-11H2,1-3H3. The second-order valence-electron chi connectivity index (χ2n) is 5.84. The molecule has 0 spiro atoms. The Bertz CT molecular complexity index is 211. The second-order valence-corrected chi connectivity index (χ2v) is 5.84. The molecular formula is C15H31NO2. The first-order chi connectivity index (χ1) is 8.67. The first kappa shape index (κ1) is 15.9. The van der Waals surface area contributed by atoms with Gasteiger partial charge in [0.1, 0.15) is 0 Å². The number of ether oxygens (including phenoxy) is 1. The summed E-state index contributed by atoms with van der Waals surface area (Å²) in [4.78, 5) is 0. The molecule has 1 saturated carbocycles. The van der Waals surface area contributed by atoms with Crippen LogP contribution >= 0.6 is 0 Å². The van der Waals surface area contributed by atoms with Gasteiger partial charge in [0, 0.05) is 19.2 Å². The Hall–Kier alpha value is -0.120. The molecule has 0 saturated heterocycles. The third-order valence-corrected chi connectivity index (χ3v) is 3.93. The molecule has 0 aromatic rings. The van der Waals surface area contributed by atoms with E-state index in [1.807, 2.05) is 0 Å². The maximum Gasteiger partial charge on any atom is 0.0897 e. The van der Waals surface area contributed by atoms with Crippen molar-refractivity contribution in [1.29, 1.82) is 0 Å². The van der Waals surface area contributed by atoms with Crippen LogP contribution in [0.2, 0.25) is 0 Å². The quantitative estimate of drug-likeness (QED) is 0.598.